The summed E-state index contributed by atoms with van der Waals surface area (Å²) >= 11 is 0. The van der Waals surface area contributed by atoms with Gasteiger partial charge in [-0.05, 0) is 25.0 Å². The minimum atomic E-state index is -0.751. The van der Waals surface area contributed by atoms with Crippen molar-refractivity contribution in [2.45, 2.75) is 18.4 Å². The molecule has 0 heterocycles. The van der Waals surface area contributed by atoms with Gasteiger partial charge in [-0.2, -0.15) is 5.26 Å². The Kier molecular flexibility index (Phi) is 2.16. The van der Waals surface area contributed by atoms with Crippen LogP contribution < -0.4 is 5.32 Å². The Balaban J connectivity index is 2.16. The van der Waals surface area contributed by atoms with Crippen LogP contribution in [0, 0.1) is 17.1 Å². The Morgan fingerprint density at radius 3 is 2.67 bits per heavy atom. The van der Waals surface area contributed by atoms with Crippen molar-refractivity contribution < 1.29 is 9.18 Å². The number of nitrogens with one attached hydrogen (secondary N) is 1. The first-order chi connectivity index (χ1) is 7.17. The second-order valence-corrected chi connectivity index (χ2v) is 3.63. The number of carbonyl (C=O) groups excluding carboxylic acids is 1. The second kappa shape index (κ2) is 3.35. The molecule has 4 heteroatoms. The third-order valence-corrected chi connectivity index (χ3v) is 2.44. The lowest BCUT2D eigenvalue weighted by atomic mass is 10.2. The van der Waals surface area contributed by atoms with Gasteiger partial charge in [0.1, 0.15) is 11.4 Å². The standard InChI is InChI=1S/C11H9FN2O/c12-9-4-2-1-3-8(9)10(15)14-11(7-13)5-6-11/h1-4H,5-6H2,(H,14,15). The van der Waals surface area contributed by atoms with E-state index in [0.29, 0.717) is 12.8 Å². The van der Waals surface area contributed by atoms with Crippen molar-refractivity contribution in [2.24, 2.45) is 0 Å². The van der Waals surface area contributed by atoms with Gasteiger partial charge >= 0.3 is 0 Å². The van der Waals surface area contributed by atoms with Gasteiger partial charge in [0, 0.05) is 0 Å². The number of benzene rings is 1. The molecule has 0 spiro atoms. The van der Waals surface area contributed by atoms with Gasteiger partial charge in [0.25, 0.3) is 5.91 Å². The first kappa shape index (κ1) is 9.66. The topological polar surface area (TPSA) is 52.9 Å². The summed E-state index contributed by atoms with van der Waals surface area (Å²) in [6.45, 7) is 0. The number of rotatable bonds is 2. The Morgan fingerprint density at radius 1 is 1.47 bits per heavy atom. The van der Waals surface area contributed by atoms with Crippen LogP contribution >= 0.6 is 0 Å². The average Bonchev–Trinajstić information content (AvgIpc) is 2.99. The molecule has 1 aliphatic rings. The number of halogens is 1. The van der Waals surface area contributed by atoms with E-state index in [4.69, 9.17) is 5.26 Å². The van der Waals surface area contributed by atoms with E-state index in [9.17, 15) is 9.18 Å². The third kappa shape index (κ3) is 1.82. The fourth-order valence-electron chi connectivity index (χ4n) is 1.32. The monoisotopic (exact) mass is 204 g/mol. The quantitative estimate of drug-likeness (QED) is 0.795. The molecule has 0 saturated heterocycles. The van der Waals surface area contributed by atoms with E-state index in [-0.39, 0.29) is 5.56 Å². The largest absolute Gasteiger partial charge is 0.334 e. The Labute approximate surface area is 86.5 Å². The molecule has 1 N–H and O–H groups in total. The Morgan fingerprint density at radius 2 is 2.13 bits per heavy atom. The number of hydrogen-bond donors (Lipinski definition) is 1. The summed E-state index contributed by atoms with van der Waals surface area (Å²) in [5, 5.41) is 11.3. The molecule has 3 nitrogen and oxygen atoms in total. The summed E-state index contributed by atoms with van der Waals surface area (Å²) in [4.78, 5) is 11.6. The van der Waals surface area contributed by atoms with E-state index < -0.39 is 17.3 Å². The van der Waals surface area contributed by atoms with Crippen molar-refractivity contribution in [3.05, 3.63) is 35.6 Å². The first-order valence-electron chi connectivity index (χ1n) is 4.65. The van der Waals surface area contributed by atoms with Crippen molar-refractivity contribution in [1.29, 1.82) is 5.26 Å². The van der Waals surface area contributed by atoms with Gasteiger partial charge in [-0.3, -0.25) is 4.79 Å². The molecule has 1 aromatic carbocycles. The molecule has 0 aromatic heterocycles. The minimum absolute atomic E-state index is 0.0148. The van der Waals surface area contributed by atoms with Gasteiger partial charge in [0.05, 0.1) is 11.6 Å². The number of hydrogen-bond acceptors (Lipinski definition) is 2. The van der Waals surface area contributed by atoms with Crippen LogP contribution in [0.2, 0.25) is 0 Å². The maximum absolute atomic E-state index is 13.2. The molecule has 15 heavy (non-hydrogen) atoms. The van der Waals surface area contributed by atoms with Crippen molar-refractivity contribution in [3.8, 4) is 6.07 Å². The van der Waals surface area contributed by atoms with Crippen LogP contribution in [0.4, 0.5) is 4.39 Å². The number of amides is 1. The molecule has 1 amide bonds. The van der Waals surface area contributed by atoms with E-state index in [1.807, 2.05) is 6.07 Å². The molecular formula is C11H9FN2O. The summed E-state index contributed by atoms with van der Waals surface area (Å²) in [5.74, 6) is -1.09. The zero-order valence-corrected chi connectivity index (χ0v) is 7.96. The lowest BCUT2D eigenvalue weighted by Gasteiger charge is -2.09. The van der Waals surface area contributed by atoms with Crippen molar-refractivity contribution in [1.82, 2.24) is 5.32 Å². The number of carbonyl (C=O) groups is 1. The zero-order chi connectivity index (χ0) is 10.9. The van der Waals surface area contributed by atoms with Crippen molar-refractivity contribution >= 4 is 5.91 Å². The lowest BCUT2D eigenvalue weighted by molar-refractivity contribution is 0.0937. The van der Waals surface area contributed by atoms with E-state index in [1.165, 1.54) is 18.2 Å². The van der Waals surface area contributed by atoms with Gasteiger partial charge < -0.3 is 5.32 Å². The van der Waals surface area contributed by atoms with Crippen LogP contribution in [0.3, 0.4) is 0 Å². The summed E-state index contributed by atoms with van der Waals surface area (Å²) in [6.07, 6.45) is 1.29. The number of nitrogens with zero attached hydrogens (tertiary/aromatic N) is 1. The fraction of sp³-hybridized carbons (Fsp3) is 0.273. The molecule has 76 valence electrons. The molecule has 0 bridgehead atoms. The molecule has 0 unspecified atom stereocenters. The highest BCUT2D eigenvalue weighted by Gasteiger charge is 2.44. The molecule has 0 aliphatic heterocycles. The number of nitriles is 1. The van der Waals surface area contributed by atoms with Crippen molar-refractivity contribution in [3.63, 3.8) is 0 Å². The highest BCUT2D eigenvalue weighted by molar-refractivity contribution is 5.95. The third-order valence-electron chi connectivity index (χ3n) is 2.44. The highest BCUT2D eigenvalue weighted by atomic mass is 19.1. The molecule has 1 saturated carbocycles. The Hall–Kier alpha value is -1.89. The maximum atomic E-state index is 13.2. The molecule has 0 radical (unpaired) electrons. The summed E-state index contributed by atoms with van der Waals surface area (Å²) in [7, 11) is 0. The summed E-state index contributed by atoms with van der Waals surface area (Å²) < 4.78 is 13.2. The highest BCUT2D eigenvalue weighted by Crippen LogP contribution is 2.34. The smallest absolute Gasteiger partial charge is 0.255 e. The van der Waals surface area contributed by atoms with Crippen LogP contribution in [0.25, 0.3) is 0 Å². The molecule has 1 aromatic rings. The van der Waals surface area contributed by atoms with Crippen LogP contribution in [0.1, 0.15) is 23.2 Å². The van der Waals surface area contributed by atoms with Gasteiger partial charge in [-0.1, -0.05) is 12.1 Å². The predicted molar refractivity (Wildman–Crippen MR) is 51.4 cm³/mol. The average molecular weight is 204 g/mol. The van der Waals surface area contributed by atoms with E-state index in [0.717, 1.165) is 0 Å². The van der Waals surface area contributed by atoms with E-state index >= 15 is 0 Å². The molecule has 1 fully saturated rings. The molecular weight excluding hydrogens is 195 g/mol. The maximum Gasteiger partial charge on any atom is 0.255 e. The predicted octanol–water partition coefficient (Wildman–Crippen LogP) is 1.61. The van der Waals surface area contributed by atoms with Crippen molar-refractivity contribution in [2.75, 3.05) is 0 Å². The first-order valence-corrected chi connectivity index (χ1v) is 4.65. The summed E-state index contributed by atoms with van der Waals surface area (Å²) in [5.41, 5.74) is -0.765. The van der Waals surface area contributed by atoms with E-state index in [1.54, 1.807) is 6.07 Å². The van der Waals surface area contributed by atoms with Gasteiger partial charge in [0.15, 0.2) is 0 Å². The van der Waals surface area contributed by atoms with Crippen LogP contribution in [-0.2, 0) is 0 Å². The van der Waals surface area contributed by atoms with Gasteiger partial charge in [-0.15, -0.1) is 0 Å². The van der Waals surface area contributed by atoms with Crippen LogP contribution in [-0.4, -0.2) is 11.4 Å². The fourth-order valence-corrected chi connectivity index (χ4v) is 1.32. The Bertz CT molecular complexity index is 446. The van der Waals surface area contributed by atoms with Gasteiger partial charge in [0.2, 0.25) is 0 Å². The van der Waals surface area contributed by atoms with Crippen LogP contribution in [0.15, 0.2) is 24.3 Å². The molecule has 0 atom stereocenters. The zero-order valence-electron chi connectivity index (χ0n) is 7.96. The van der Waals surface area contributed by atoms with Crippen LogP contribution in [0.5, 0.6) is 0 Å². The summed E-state index contributed by atoms with van der Waals surface area (Å²) in [6, 6.07) is 7.75. The second-order valence-electron chi connectivity index (χ2n) is 3.63. The molecule has 2 rings (SSSR count). The lowest BCUT2D eigenvalue weighted by Crippen LogP contribution is -2.35. The minimum Gasteiger partial charge on any atom is -0.334 e. The normalized spacial score (nSPS) is 16.5. The van der Waals surface area contributed by atoms with Gasteiger partial charge in [-0.25, -0.2) is 4.39 Å². The van der Waals surface area contributed by atoms with E-state index in [2.05, 4.69) is 5.32 Å². The SMILES string of the molecule is N#CC1(NC(=O)c2ccccc2F)CC1. The molecule has 1 aliphatic carbocycles.